The van der Waals surface area contributed by atoms with Gasteiger partial charge in [-0.2, -0.15) is 5.10 Å². The summed E-state index contributed by atoms with van der Waals surface area (Å²) in [6, 6.07) is 1.13. The molecule has 0 fully saturated rings. The Morgan fingerprint density at radius 2 is 1.79 bits per heavy atom. The molecular formula is C17H19F2N3O2. The Morgan fingerprint density at radius 1 is 1.17 bits per heavy atom. The third-order valence-corrected chi connectivity index (χ3v) is 3.41. The van der Waals surface area contributed by atoms with Gasteiger partial charge in [0.25, 0.3) is 0 Å². The van der Waals surface area contributed by atoms with Crippen LogP contribution in [0.25, 0.3) is 0 Å². The number of aryl methyl sites for hydroxylation is 1. The van der Waals surface area contributed by atoms with Crippen LogP contribution in [0.5, 0.6) is 11.5 Å². The molecule has 0 saturated carbocycles. The second kappa shape index (κ2) is 7.68. The quantitative estimate of drug-likeness (QED) is 0.854. The zero-order valence-electron chi connectivity index (χ0n) is 13.8. The van der Waals surface area contributed by atoms with Crippen molar-refractivity contribution in [3.8, 4) is 23.3 Å². The lowest BCUT2D eigenvalue weighted by Crippen LogP contribution is -2.00. The number of halogens is 2. The van der Waals surface area contributed by atoms with Gasteiger partial charge in [0.2, 0.25) is 0 Å². The number of nitrogens with zero attached hydrogens (tertiary/aromatic N) is 2. The standard InChI is InChI=1S/C17H19F2N3O2/c1-4-5-8-22-10-12(20)13(21-22)7-6-11-16(18)14(23-2)9-15(24-3)17(11)19/h9-10H,4-5,8,20H2,1-3H3. The maximum absolute atomic E-state index is 14.2. The van der Waals surface area contributed by atoms with Gasteiger partial charge in [0, 0.05) is 18.8 Å². The van der Waals surface area contributed by atoms with Gasteiger partial charge in [0.05, 0.1) is 19.9 Å². The lowest BCUT2D eigenvalue weighted by Gasteiger charge is -2.08. The lowest BCUT2D eigenvalue weighted by molar-refractivity contribution is 0.357. The van der Waals surface area contributed by atoms with E-state index in [0.29, 0.717) is 12.2 Å². The predicted molar refractivity (Wildman–Crippen MR) is 87.0 cm³/mol. The molecule has 0 aliphatic heterocycles. The lowest BCUT2D eigenvalue weighted by atomic mass is 10.1. The van der Waals surface area contributed by atoms with Crippen LogP contribution in [0.15, 0.2) is 12.3 Å². The number of nitrogen functional groups attached to an aromatic ring is 1. The Morgan fingerprint density at radius 3 is 2.33 bits per heavy atom. The highest BCUT2D eigenvalue weighted by Gasteiger charge is 2.18. The van der Waals surface area contributed by atoms with E-state index in [4.69, 9.17) is 15.2 Å². The summed E-state index contributed by atoms with van der Waals surface area (Å²) in [6.07, 6.45) is 3.61. The molecule has 1 aromatic carbocycles. The molecule has 0 spiro atoms. The normalized spacial score (nSPS) is 10.2. The number of ether oxygens (including phenoxy) is 2. The SMILES string of the molecule is CCCCn1cc(N)c(C#Cc2c(F)c(OC)cc(OC)c2F)n1. The Hall–Kier alpha value is -2.75. The first-order valence-electron chi connectivity index (χ1n) is 7.46. The van der Waals surface area contributed by atoms with Crippen molar-refractivity contribution in [2.75, 3.05) is 20.0 Å². The number of methoxy groups -OCH3 is 2. The molecule has 0 radical (unpaired) electrons. The van der Waals surface area contributed by atoms with Crippen LogP contribution in [-0.4, -0.2) is 24.0 Å². The highest BCUT2D eigenvalue weighted by Crippen LogP contribution is 2.30. The summed E-state index contributed by atoms with van der Waals surface area (Å²) in [6.45, 7) is 2.77. The van der Waals surface area contributed by atoms with Gasteiger partial charge >= 0.3 is 0 Å². The van der Waals surface area contributed by atoms with E-state index in [9.17, 15) is 8.78 Å². The fraction of sp³-hybridized carbons (Fsp3) is 0.353. The number of hydrogen-bond donors (Lipinski definition) is 1. The molecule has 5 nitrogen and oxygen atoms in total. The van der Waals surface area contributed by atoms with Gasteiger partial charge in [0.15, 0.2) is 28.8 Å². The molecule has 0 aliphatic rings. The zero-order chi connectivity index (χ0) is 17.7. The largest absolute Gasteiger partial charge is 0.493 e. The van der Waals surface area contributed by atoms with Crippen molar-refractivity contribution in [1.29, 1.82) is 0 Å². The zero-order valence-corrected chi connectivity index (χ0v) is 13.8. The number of aromatic nitrogens is 2. The molecule has 128 valence electrons. The molecule has 0 unspecified atom stereocenters. The van der Waals surface area contributed by atoms with Crippen LogP contribution in [0.3, 0.4) is 0 Å². The Balaban J connectivity index is 2.42. The molecule has 0 amide bonds. The summed E-state index contributed by atoms with van der Waals surface area (Å²) >= 11 is 0. The van der Waals surface area contributed by atoms with Gasteiger partial charge in [-0.25, -0.2) is 8.78 Å². The minimum atomic E-state index is -0.896. The molecular weight excluding hydrogens is 316 g/mol. The Labute approximate surface area is 139 Å². The highest BCUT2D eigenvalue weighted by molar-refractivity contribution is 5.55. The summed E-state index contributed by atoms with van der Waals surface area (Å²) in [5, 5.41) is 4.22. The van der Waals surface area contributed by atoms with E-state index in [2.05, 4.69) is 23.9 Å². The van der Waals surface area contributed by atoms with Crippen molar-refractivity contribution < 1.29 is 18.3 Å². The third-order valence-electron chi connectivity index (χ3n) is 3.41. The van der Waals surface area contributed by atoms with E-state index in [1.54, 1.807) is 10.9 Å². The van der Waals surface area contributed by atoms with Gasteiger partial charge in [-0.3, -0.25) is 4.68 Å². The average Bonchev–Trinajstić information content (AvgIpc) is 2.93. The van der Waals surface area contributed by atoms with E-state index in [-0.39, 0.29) is 17.2 Å². The monoisotopic (exact) mass is 335 g/mol. The first-order valence-corrected chi connectivity index (χ1v) is 7.46. The van der Waals surface area contributed by atoms with Gasteiger partial charge in [-0.1, -0.05) is 19.3 Å². The molecule has 0 saturated heterocycles. The van der Waals surface area contributed by atoms with Crippen molar-refractivity contribution in [3.05, 3.63) is 35.2 Å². The van der Waals surface area contributed by atoms with Gasteiger partial charge < -0.3 is 15.2 Å². The van der Waals surface area contributed by atoms with Crippen LogP contribution < -0.4 is 15.2 Å². The second-order valence-corrected chi connectivity index (χ2v) is 5.08. The van der Waals surface area contributed by atoms with Crippen LogP contribution in [0.4, 0.5) is 14.5 Å². The van der Waals surface area contributed by atoms with E-state index >= 15 is 0 Å². The number of benzene rings is 1. The summed E-state index contributed by atoms with van der Waals surface area (Å²) in [7, 11) is 2.56. The summed E-state index contributed by atoms with van der Waals surface area (Å²) < 4.78 is 39.9. The first-order chi connectivity index (χ1) is 11.5. The number of hydrogen-bond acceptors (Lipinski definition) is 4. The van der Waals surface area contributed by atoms with Gasteiger partial charge in [-0.15, -0.1) is 0 Å². The van der Waals surface area contributed by atoms with Crippen molar-refractivity contribution in [1.82, 2.24) is 9.78 Å². The smallest absolute Gasteiger partial charge is 0.183 e. The average molecular weight is 335 g/mol. The summed E-state index contributed by atoms with van der Waals surface area (Å²) in [5.41, 5.74) is 6.02. The molecule has 7 heteroatoms. The summed E-state index contributed by atoms with van der Waals surface area (Å²) in [5.74, 6) is 2.95. The van der Waals surface area contributed by atoms with E-state index in [1.807, 2.05) is 0 Å². The maximum Gasteiger partial charge on any atom is 0.183 e. The number of rotatable bonds is 5. The van der Waals surface area contributed by atoms with Crippen LogP contribution in [0.2, 0.25) is 0 Å². The minimum Gasteiger partial charge on any atom is -0.493 e. The minimum absolute atomic E-state index is 0.154. The van der Waals surface area contributed by atoms with E-state index < -0.39 is 17.2 Å². The van der Waals surface area contributed by atoms with Gasteiger partial charge in [0.1, 0.15) is 5.56 Å². The summed E-state index contributed by atoms with van der Waals surface area (Å²) in [4.78, 5) is 0. The maximum atomic E-state index is 14.2. The van der Waals surface area contributed by atoms with Crippen LogP contribution in [0.1, 0.15) is 31.0 Å². The highest BCUT2D eigenvalue weighted by atomic mass is 19.1. The van der Waals surface area contributed by atoms with E-state index in [1.165, 1.54) is 14.2 Å². The van der Waals surface area contributed by atoms with Crippen LogP contribution in [0, 0.1) is 23.5 Å². The van der Waals surface area contributed by atoms with E-state index in [0.717, 1.165) is 18.9 Å². The fourth-order valence-electron chi connectivity index (χ4n) is 2.09. The van der Waals surface area contributed by atoms with Crippen molar-refractivity contribution >= 4 is 5.69 Å². The van der Waals surface area contributed by atoms with Crippen molar-refractivity contribution in [2.24, 2.45) is 0 Å². The molecule has 2 aromatic rings. The first kappa shape index (κ1) is 17.6. The fourth-order valence-corrected chi connectivity index (χ4v) is 2.09. The molecule has 0 atom stereocenters. The van der Waals surface area contributed by atoms with Crippen molar-refractivity contribution in [3.63, 3.8) is 0 Å². The number of anilines is 1. The van der Waals surface area contributed by atoms with Crippen molar-refractivity contribution in [2.45, 2.75) is 26.3 Å². The van der Waals surface area contributed by atoms with Gasteiger partial charge in [-0.05, 0) is 12.3 Å². The Bertz CT molecular complexity index is 763. The molecule has 1 aromatic heterocycles. The third kappa shape index (κ3) is 3.59. The van der Waals surface area contributed by atoms with Crippen LogP contribution in [-0.2, 0) is 6.54 Å². The molecule has 24 heavy (non-hydrogen) atoms. The molecule has 0 bridgehead atoms. The second-order valence-electron chi connectivity index (χ2n) is 5.08. The predicted octanol–water partition coefficient (Wildman–Crippen LogP) is 2.96. The number of unbranched alkanes of at least 4 members (excludes halogenated alkanes) is 1. The molecule has 1 heterocycles. The Kier molecular flexibility index (Phi) is 5.64. The molecule has 2 N–H and O–H groups in total. The molecule has 2 rings (SSSR count). The number of nitrogens with two attached hydrogens (primary N) is 1. The van der Waals surface area contributed by atoms with Crippen LogP contribution >= 0.6 is 0 Å². The topological polar surface area (TPSA) is 62.3 Å². The molecule has 0 aliphatic carbocycles.